The smallest absolute Gasteiger partial charge is 0.233 e. The van der Waals surface area contributed by atoms with Crippen LogP contribution in [0.25, 0.3) is 0 Å². The lowest BCUT2D eigenvalue weighted by molar-refractivity contribution is -0.121. The van der Waals surface area contributed by atoms with Crippen molar-refractivity contribution in [3.8, 4) is 0 Å². The Morgan fingerprint density at radius 3 is 2.70 bits per heavy atom. The van der Waals surface area contributed by atoms with Crippen LogP contribution in [0.15, 0.2) is 24.3 Å². The van der Waals surface area contributed by atoms with Crippen LogP contribution in [0.5, 0.6) is 0 Å². The normalized spacial score (nSPS) is 12.4. The van der Waals surface area contributed by atoms with Gasteiger partial charge in [-0.15, -0.1) is 0 Å². The number of rotatable bonds is 8. The van der Waals surface area contributed by atoms with Gasteiger partial charge < -0.3 is 0 Å². The molecule has 0 bridgehead atoms. The van der Waals surface area contributed by atoms with Crippen LogP contribution in [0.4, 0.5) is 0 Å². The van der Waals surface area contributed by atoms with Crippen LogP contribution in [0.2, 0.25) is 5.02 Å². The highest BCUT2D eigenvalue weighted by molar-refractivity contribution is 6.31. The molecule has 3 N–H and O–H groups in total. The van der Waals surface area contributed by atoms with Gasteiger partial charge in [-0.2, -0.15) is 0 Å². The van der Waals surface area contributed by atoms with Gasteiger partial charge >= 0.3 is 0 Å². The van der Waals surface area contributed by atoms with E-state index in [1.807, 2.05) is 18.2 Å². The molecule has 4 nitrogen and oxygen atoms in total. The van der Waals surface area contributed by atoms with E-state index in [0.717, 1.165) is 36.4 Å². The first kappa shape index (κ1) is 17.0. The van der Waals surface area contributed by atoms with Crippen LogP contribution >= 0.6 is 11.6 Å². The minimum absolute atomic E-state index is 0.0946. The summed E-state index contributed by atoms with van der Waals surface area (Å²) in [7, 11) is 2.10. The molecule has 1 aromatic rings. The molecule has 0 aliphatic carbocycles. The molecule has 5 heteroatoms. The molecule has 1 unspecified atom stereocenters. The van der Waals surface area contributed by atoms with Crippen LogP contribution in [0, 0.1) is 0 Å². The number of unbranched alkanes of at least 4 members (excludes halogenated alkanes) is 2. The van der Waals surface area contributed by atoms with Gasteiger partial charge in [-0.05, 0) is 45.0 Å². The van der Waals surface area contributed by atoms with Crippen molar-refractivity contribution in [2.24, 2.45) is 5.84 Å². The second kappa shape index (κ2) is 8.95. The second-order valence-corrected chi connectivity index (χ2v) is 5.46. The van der Waals surface area contributed by atoms with Crippen molar-refractivity contribution in [1.29, 1.82) is 0 Å². The molecule has 0 saturated carbocycles. The largest absolute Gasteiger partial charge is 0.300 e. The zero-order valence-electron chi connectivity index (χ0n) is 12.2. The third-order valence-electron chi connectivity index (χ3n) is 3.59. The Bertz CT molecular complexity index is 425. The fourth-order valence-corrected chi connectivity index (χ4v) is 2.43. The molecule has 0 aliphatic heterocycles. The van der Waals surface area contributed by atoms with Crippen molar-refractivity contribution in [2.75, 3.05) is 13.6 Å². The molecule has 0 saturated heterocycles. The van der Waals surface area contributed by atoms with Gasteiger partial charge in [-0.3, -0.25) is 15.1 Å². The summed E-state index contributed by atoms with van der Waals surface area (Å²) in [6.45, 7) is 3.14. The number of amides is 1. The maximum atomic E-state index is 11.0. The Hall–Kier alpha value is -1.10. The summed E-state index contributed by atoms with van der Waals surface area (Å²) in [5, 5.41) is 0.812. The lowest BCUT2D eigenvalue weighted by Gasteiger charge is -2.25. The molecular formula is C15H24ClN3O. The van der Waals surface area contributed by atoms with Gasteiger partial charge in [0.15, 0.2) is 0 Å². The molecule has 0 heterocycles. The molecule has 1 atom stereocenters. The second-order valence-electron chi connectivity index (χ2n) is 5.06. The number of nitrogens with two attached hydrogens (primary N) is 1. The maximum Gasteiger partial charge on any atom is 0.233 e. The Balaban J connectivity index is 2.30. The summed E-state index contributed by atoms with van der Waals surface area (Å²) in [5.41, 5.74) is 3.30. The van der Waals surface area contributed by atoms with Crippen LogP contribution in [-0.4, -0.2) is 24.4 Å². The molecule has 0 radical (unpaired) electrons. The van der Waals surface area contributed by atoms with E-state index >= 15 is 0 Å². The molecule has 0 aromatic heterocycles. The summed E-state index contributed by atoms with van der Waals surface area (Å²) >= 11 is 6.21. The van der Waals surface area contributed by atoms with Gasteiger partial charge in [-0.25, -0.2) is 5.84 Å². The predicted octanol–water partition coefficient (Wildman–Crippen LogP) is 2.88. The van der Waals surface area contributed by atoms with E-state index in [4.69, 9.17) is 17.4 Å². The zero-order valence-corrected chi connectivity index (χ0v) is 13.0. The first-order chi connectivity index (χ1) is 9.56. The van der Waals surface area contributed by atoms with Gasteiger partial charge in [-0.1, -0.05) is 36.2 Å². The summed E-state index contributed by atoms with van der Waals surface area (Å²) in [4.78, 5) is 13.3. The van der Waals surface area contributed by atoms with E-state index in [9.17, 15) is 4.79 Å². The number of carbonyl (C=O) groups excluding carboxylic acids is 1. The fraction of sp³-hybridized carbons (Fsp3) is 0.533. The third-order valence-corrected chi connectivity index (χ3v) is 3.94. The molecule has 1 aromatic carbocycles. The number of hydrogen-bond donors (Lipinski definition) is 2. The molecular weight excluding hydrogens is 274 g/mol. The SMILES string of the molecule is CC(c1ccccc1Cl)N(C)CCCCCC(=O)NN. The molecule has 1 rings (SSSR count). The molecule has 1 amide bonds. The van der Waals surface area contributed by atoms with E-state index in [-0.39, 0.29) is 11.9 Å². The van der Waals surface area contributed by atoms with E-state index < -0.39 is 0 Å². The Morgan fingerprint density at radius 2 is 2.05 bits per heavy atom. The van der Waals surface area contributed by atoms with Crippen LogP contribution in [-0.2, 0) is 4.79 Å². The highest BCUT2D eigenvalue weighted by Crippen LogP contribution is 2.26. The number of halogens is 1. The summed E-state index contributed by atoms with van der Waals surface area (Å²) in [5.74, 6) is 4.94. The number of nitrogens with zero attached hydrogens (tertiary/aromatic N) is 1. The van der Waals surface area contributed by atoms with Crippen LogP contribution in [0.1, 0.15) is 44.2 Å². The van der Waals surface area contributed by atoms with Gasteiger partial charge in [0.25, 0.3) is 0 Å². The van der Waals surface area contributed by atoms with Gasteiger partial charge in [0.2, 0.25) is 5.91 Å². The molecule has 0 aliphatic rings. The van der Waals surface area contributed by atoms with Crippen molar-refractivity contribution in [3.05, 3.63) is 34.9 Å². The average molecular weight is 298 g/mol. The summed E-state index contributed by atoms with van der Waals surface area (Å²) < 4.78 is 0. The predicted molar refractivity (Wildman–Crippen MR) is 83.3 cm³/mol. The molecule has 0 spiro atoms. The molecule has 20 heavy (non-hydrogen) atoms. The van der Waals surface area contributed by atoms with Gasteiger partial charge in [0, 0.05) is 17.5 Å². The highest BCUT2D eigenvalue weighted by atomic mass is 35.5. The van der Waals surface area contributed by atoms with Gasteiger partial charge in [0.1, 0.15) is 0 Å². The topological polar surface area (TPSA) is 58.4 Å². The zero-order chi connectivity index (χ0) is 15.0. The number of hydrogen-bond acceptors (Lipinski definition) is 3. The standard InChI is InChI=1S/C15H24ClN3O/c1-12(13-8-5-6-9-14(13)16)19(2)11-7-3-4-10-15(20)18-17/h5-6,8-9,12H,3-4,7,10-11,17H2,1-2H3,(H,18,20). The number of nitrogens with one attached hydrogen (secondary N) is 1. The number of carbonyl (C=O) groups is 1. The van der Waals surface area contributed by atoms with E-state index in [1.54, 1.807) is 0 Å². The van der Waals surface area contributed by atoms with Crippen molar-refractivity contribution >= 4 is 17.5 Å². The Kier molecular flexibility index (Phi) is 7.59. The van der Waals surface area contributed by atoms with Crippen molar-refractivity contribution in [1.82, 2.24) is 10.3 Å². The minimum atomic E-state index is -0.0946. The first-order valence-electron chi connectivity index (χ1n) is 7.00. The summed E-state index contributed by atoms with van der Waals surface area (Å²) in [6.07, 6.45) is 3.45. The number of benzene rings is 1. The van der Waals surface area contributed by atoms with Gasteiger partial charge in [0.05, 0.1) is 0 Å². The monoisotopic (exact) mass is 297 g/mol. The van der Waals surface area contributed by atoms with E-state index in [2.05, 4.69) is 30.4 Å². The van der Waals surface area contributed by atoms with Crippen molar-refractivity contribution < 1.29 is 4.79 Å². The maximum absolute atomic E-state index is 11.0. The van der Waals surface area contributed by atoms with Crippen LogP contribution < -0.4 is 11.3 Å². The van der Waals surface area contributed by atoms with Crippen molar-refractivity contribution in [2.45, 2.75) is 38.6 Å². The van der Waals surface area contributed by atoms with Crippen LogP contribution in [0.3, 0.4) is 0 Å². The number of hydrazine groups is 1. The average Bonchev–Trinajstić information content (AvgIpc) is 2.46. The molecule has 0 fully saturated rings. The summed E-state index contributed by atoms with van der Waals surface area (Å²) in [6, 6.07) is 8.23. The quantitative estimate of drug-likeness (QED) is 0.336. The molecule has 112 valence electrons. The highest BCUT2D eigenvalue weighted by Gasteiger charge is 2.13. The Labute approximate surface area is 126 Å². The lowest BCUT2D eigenvalue weighted by atomic mass is 10.1. The van der Waals surface area contributed by atoms with E-state index in [0.29, 0.717) is 6.42 Å². The Morgan fingerprint density at radius 1 is 1.35 bits per heavy atom. The first-order valence-corrected chi connectivity index (χ1v) is 7.38. The van der Waals surface area contributed by atoms with E-state index in [1.165, 1.54) is 0 Å². The van der Waals surface area contributed by atoms with Crippen molar-refractivity contribution in [3.63, 3.8) is 0 Å². The lowest BCUT2D eigenvalue weighted by Crippen LogP contribution is -2.29. The minimum Gasteiger partial charge on any atom is -0.300 e. The fourth-order valence-electron chi connectivity index (χ4n) is 2.14. The third kappa shape index (κ3) is 5.49.